The number of thiophene rings is 2. The third-order valence-corrected chi connectivity index (χ3v) is 16.1. The smallest absolute Gasteiger partial charge is 0.305 e. The zero-order valence-corrected chi connectivity index (χ0v) is 42.4. The number of nitrogens with two attached hydrogens (primary N) is 1. The van der Waals surface area contributed by atoms with Gasteiger partial charge < -0.3 is 16.2 Å². The molecule has 0 fully saturated rings. The van der Waals surface area contributed by atoms with Crippen molar-refractivity contribution in [3.05, 3.63) is 93.7 Å². The summed E-state index contributed by atoms with van der Waals surface area (Å²) in [6.07, 6.45) is 6.56. The molecule has 8 heterocycles. The van der Waals surface area contributed by atoms with E-state index in [9.17, 15) is 28.8 Å². The molecule has 0 bridgehead atoms. The Kier molecular flexibility index (Phi) is 16.2. The zero-order chi connectivity index (χ0) is 50.2. The number of nitrogens with zero attached hydrogens (tertiary/aromatic N) is 6. The van der Waals surface area contributed by atoms with Crippen LogP contribution in [0.4, 0.5) is 10.0 Å². The molecule has 0 unspecified atom stereocenters. The molecule has 5 amide bonds. The number of anilines is 2. The average molecular weight is 1010 g/mol. The molecule has 69 heavy (non-hydrogen) atoms. The lowest BCUT2D eigenvalue weighted by atomic mass is 10.0. The van der Waals surface area contributed by atoms with E-state index in [4.69, 9.17) is 22.2 Å². The monoisotopic (exact) mass is 1010 g/mol. The highest BCUT2D eigenvalue weighted by Crippen LogP contribution is 2.47. The van der Waals surface area contributed by atoms with E-state index in [1.165, 1.54) is 43.3 Å². The number of thiazole rings is 2. The summed E-state index contributed by atoms with van der Waals surface area (Å²) in [5, 5.41) is 15.1. The van der Waals surface area contributed by atoms with Crippen LogP contribution in [0.5, 0.6) is 0 Å². The molecular weight excluding hydrogens is 953 g/mol. The fourth-order valence-electron chi connectivity index (χ4n) is 8.17. The third-order valence-electron chi connectivity index (χ3n) is 11.8. The van der Waals surface area contributed by atoms with E-state index in [0.29, 0.717) is 19.0 Å². The minimum atomic E-state index is -1.03. The van der Waals surface area contributed by atoms with Crippen molar-refractivity contribution in [3.63, 3.8) is 0 Å². The Morgan fingerprint density at radius 3 is 1.59 bits per heavy atom. The molecule has 0 spiro atoms. The molecule has 0 saturated carbocycles. The second kappa shape index (κ2) is 22.6. The van der Waals surface area contributed by atoms with Crippen molar-refractivity contribution in [2.45, 2.75) is 92.4 Å². The Morgan fingerprint density at radius 2 is 1.13 bits per heavy atom. The standard InChI is InChI=1S/C24H24N4O3S2.C17H19N3S2.C7H7NO4.C2H6/c1-14(2)27-11-9-15-18(13-27)33-24(22(15)23-25-16-5-3-4-6-17(16)32-23)26-19(29)10-12-28-20(30)7-8-21(28)31;1-10(2)20-8-7-11-14(9-20)21-16(18)15(11)17-19-12-5-3-4-6-13(12)22-17;9-5-1-2-6(10)8(5)4-3-7(11)12;1-2/h3-8,14H,9-13H2,1-2H3,(H,26,29);3-6,10H,7-9,18H2,1-2H3;1-2H,3-4H2,(H,11,12);1-2H3/i;;;1D. The molecule has 0 saturated heterocycles. The van der Waals surface area contributed by atoms with Crippen LogP contribution in [0.1, 0.15) is 76.6 Å². The minimum absolute atomic E-state index is 0.0547. The number of carboxylic acid groups (broad SMARTS) is 1. The van der Waals surface area contributed by atoms with Crippen molar-refractivity contribution < 1.29 is 35.2 Å². The first-order chi connectivity index (χ1) is 33.6. The molecule has 0 radical (unpaired) electrons. The van der Waals surface area contributed by atoms with Crippen LogP contribution in [0.25, 0.3) is 41.6 Å². The summed E-state index contributed by atoms with van der Waals surface area (Å²) in [5.41, 5.74) is 13.3. The Labute approximate surface area is 418 Å². The maximum Gasteiger partial charge on any atom is 0.305 e. The van der Waals surface area contributed by atoms with E-state index in [1.807, 2.05) is 24.3 Å². The zero-order valence-electron chi connectivity index (χ0n) is 40.2. The molecule has 2 aromatic carbocycles. The predicted molar refractivity (Wildman–Crippen MR) is 277 cm³/mol. The molecule has 0 atom stereocenters. The third kappa shape index (κ3) is 11.7. The first-order valence-electron chi connectivity index (χ1n) is 23.4. The number of carbonyl (C=O) groups is 6. The maximum absolute atomic E-state index is 12.8. The number of aromatic nitrogens is 2. The number of hydrogen-bond acceptors (Lipinski definition) is 15. The van der Waals surface area contributed by atoms with Gasteiger partial charge in [-0.05, 0) is 75.9 Å². The van der Waals surface area contributed by atoms with Gasteiger partial charge in [-0.2, -0.15) is 0 Å². The molecule has 4 aliphatic rings. The summed E-state index contributed by atoms with van der Waals surface area (Å²) in [4.78, 5) is 87.4. The van der Waals surface area contributed by atoms with Crippen molar-refractivity contribution in [2.24, 2.45) is 0 Å². The number of carbonyl (C=O) groups excluding carboxylic acids is 5. The van der Waals surface area contributed by atoms with E-state index < -0.39 is 17.8 Å². The maximum atomic E-state index is 12.8. The van der Waals surface area contributed by atoms with Gasteiger partial charge in [-0.15, -0.1) is 45.3 Å². The van der Waals surface area contributed by atoms with Crippen molar-refractivity contribution in [2.75, 3.05) is 37.2 Å². The topological polar surface area (TPSA) is 199 Å². The quantitative estimate of drug-likeness (QED) is 0.104. The normalized spacial score (nSPS) is 15.8. The Morgan fingerprint density at radius 1 is 0.696 bits per heavy atom. The van der Waals surface area contributed by atoms with Gasteiger partial charge in [0.15, 0.2) is 0 Å². The number of benzene rings is 2. The summed E-state index contributed by atoms with van der Waals surface area (Å²) in [6, 6.07) is 17.4. The van der Waals surface area contributed by atoms with Crippen molar-refractivity contribution in [1.29, 1.82) is 0 Å². The predicted octanol–water partition coefficient (Wildman–Crippen LogP) is 8.83. The number of nitrogens with one attached hydrogen (secondary N) is 1. The fourth-order valence-corrected chi connectivity index (χ4v) is 12.8. The van der Waals surface area contributed by atoms with E-state index in [1.54, 1.807) is 52.3 Å². The molecule has 19 heteroatoms. The minimum Gasteiger partial charge on any atom is -0.481 e. The summed E-state index contributed by atoms with van der Waals surface area (Å²) < 4.78 is 8.55. The van der Waals surface area contributed by atoms with Crippen molar-refractivity contribution in [1.82, 2.24) is 29.6 Å². The van der Waals surface area contributed by atoms with Gasteiger partial charge in [0.1, 0.15) is 15.0 Å². The van der Waals surface area contributed by atoms with E-state index in [-0.39, 0.29) is 43.7 Å². The molecule has 4 N–H and O–H groups in total. The Balaban J connectivity index is 0.000000167. The van der Waals surface area contributed by atoms with E-state index in [2.05, 4.69) is 67.1 Å². The van der Waals surface area contributed by atoms with Crippen LogP contribution in [0.3, 0.4) is 0 Å². The second-order valence-electron chi connectivity index (χ2n) is 16.8. The molecule has 4 aliphatic heterocycles. The van der Waals surface area contributed by atoms with Gasteiger partial charge in [-0.3, -0.25) is 48.4 Å². The average Bonchev–Trinajstić information content (AvgIpc) is 4.19. The molecule has 6 aromatic rings. The van der Waals surface area contributed by atoms with Crippen LogP contribution >= 0.6 is 45.3 Å². The molecule has 15 nitrogen and oxygen atoms in total. The number of nitrogen functional groups attached to an aromatic ring is 1. The van der Waals surface area contributed by atoms with Crippen LogP contribution in [0.15, 0.2) is 72.8 Å². The van der Waals surface area contributed by atoms with Gasteiger partial charge in [-0.1, -0.05) is 38.1 Å². The second-order valence-corrected chi connectivity index (χ2v) is 21.1. The number of imide groups is 2. The Bertz CT molecular complexity index is 2890. The van der Waals surface area contributed by atoms with Crippen molar-refractivity contribution in [3.8, 4) is 21.1 Å². The Hall–Kier alpha value is -5.96. The molecule has 0 aliphatic carbocycles. The highest BCUT2D eigenvalue weighted by atomic mass is 32.1. The van der Waals surface area contributed by atoms with E-state index >= 15 is 0 Å². The highest BCUT2D eigenvalue weighted by Gasteiger charge is 2.31. The van der Waals surface area contributed by atoms with Crippen LogP contribution in [0, 0.1) is 0 Å². The van der Waals surface area contributed by atoms with Gasteiger partial charge >= 0.3 is 5.97 Å². The van der Waals surface area contributed by atoms with Gasteiger partial charge in [0.2, 0.25) is 5.91 Å². The van der Waals surface area contributed by atoms with Gasteiger partial charge in [0.25, 0.3) is 23.6 Å². The first kappa shape index (κ1) is 49.5. The first-order valence-corrected chi connectivity index (χ1v) is 26.0. The number of amides is 5. The van der Waals surface area contributed by atoms with Gasteiger partial charge in [0, 0.05) is 104 Å². The summed E-state index contributed by atoms with van der Waals surface area (Å²) >= 11 is 6.74. The number of rotatable bonds is 11. The van der Waals surface area contributed by atoms with Gasteiger partial charge in [-0.25, -0.2) is 9.97 Å². The summed E-state index contributed by atoms with van der Waals surface area (Å²) in [6.45, 7) is 15.2. The lowest BCUT2D eigenvalue weighted by molar-refractivity contribution is -0.141. The van der Waals surface area contributed by atoms with Crippen LogP contribution in [-0.2, 0) is 54.7 Å². The lowest BCUT2D eigenvalue weighted by Gasteiger charge is -2.30. The molecule has 10 rings (SSSR count). The van der Waals surface area contributed by atoms with Crippen LogP contribution in [0.2, 0.25) is 0 Å². The molecule has 362 valence electrons. The van der Waals surface area contributed by atoms with Crippen LogP contribution < -0.4 is 11.1 Å². The number of hydrogen-bond donors (Lipinski definition) is 3. The number of carboxylic acids is 1. The largest absolute Gasteiger partial charge is 0.481 e. The highest BCUT2D eigenvalue weighted by molar-refractivity contribution is 7.23. The fraction of sp³-hybridized carbons (Fsp3) is 0.360. The van der Waals surface area contributed by atoms with E-state index in [0.717, 1.165) is 102 Å². The SMILES string of the molecule is CC(C)N1CCc2c(sc(N)c2-c2nc3ccccc3s2)C1.CC(C)N1CCc2c(sc(NC(=O)CCN3C(=O)C=CC3=O)c2-c2nc3ccccc3s2)C1.O=C(O)CCN1C(=O)C=CC1=O.[2H]CC. The summed E-state index contributed by atoms with van der Waals surface area (Å²) in [5.74, 6) is -2.87. The number of aliphatic carboxylic acids is 1. The number of para-hydroxylation sites is 2. The van der Waals surface area contributed by atoms with Crippen molar-refractivity contribution >= 4 is 111 Å². The molecule has 4 aromatic heterocycles. The lowest BCUT2D eigenvalue weighted by Crippen LogP contribution is -2.35. The number of fused-ring (bicyclic) bond motifs is 4. The molecular formula is C50H56N8O7S4. The summed E-state index contributed by atoms with van der Waals surface area (Å²) in [7, 11) is 0. The van der Waals surface area contributed by atoms with Crippen LogP contribution in [-0.4, -0.2) is 108 Å². The van der Waals surface area contributed by atoms with Gasteiger partial charge in [0.05, 0.1) is 31.9 Å².